The molecule has 6 heteroatoms. The molecule has 2 rings (SSSR count). The monoisotopic (exact) mass is 246 g/mol. The highest BCUT2D eigenvalue weighted by Gasteiger charge is 2.11. The van der Waals surface area contributed by atoms with Crippen molar-refractivity contribution >= 4 is 11.6 Å². The summed E-state index contributed by atoms with van der Waals surface area (Å²) in [4.78, 5) is 25.3. The molecule has 0 aliphatic heterocycles. The second kappa shape index (κ2) is 4.87. The average molecular weight is 246 g/mol. The number of nitrogens with one attached hydrogen (secondary N) is 2. The Morgan fingerprint density at radius 2 is 2.28 bits per heavy atom. The first-order valence-electron chi connectivity index (χ1n) is 5.62. The lowest BCUT2D eigenvalue weighted by atomic mass is 10.2. The van der Waals surface area contributed by atoms with Gasteiger partial charge in [-0.05, 0) is 12.5 Å². The topological polar surface area (TPSA) is 79.8 Å². The van der Waals surface area contributed by atoms with E-state index in [0.29, 0.717) is 11.3 Å². The summed E-state index contributed by atoms with van der Waals surface area (Å²) in [5.74, 6) is -0.269. The number of H-pyrrole nitrogens is 1. The van der Waals surface area contributed by atoms with Crippen LogP contribution in [-0.4, -0.2) is 20.7 Å². The van der Waals surface area contributed by atoms with E-state index in [0.717, 1.165) is 12.1 Å². The zero-order valence-electron chi connectivity index (χ0n) is 10.2. The smallest absolute Gasteiger partial charge is 0.257 e. The Kier molecular flexibility index (Phi) is 3.27. The van der Waals surface area contributed by atoms with E-state index in [1.165, 1.54) is 18.3 Å². The van der Waals surface area contributed by atoms with E-state index in [-0.39, 0.29) is 11.5 Å². The number of aromatic amines is 1. The Balaban J connectivity index is 2.20. The van der Waals surface area contributed by atoms with Gasteiger partial charge in [-0.2, -0.15) is 5.10 Å². The van der Waals surface area contributed by atoms with E-state index in [2.05, 4.69) is 15.4 Å². The second-order valence-corrected chi connectivity index (χ2v) is 3.91. The van der Waals surface area contributed by atoms with Gasteiger partial charge in [0.25, 0.3) is 5.91 Å². The maximum atomic E-state index is 11.9. The number of rotatable bonds is 3. The van der Waals surface area contributed by atoms with Crippen molar-refractivity contribution < 1.29 is 4.79 Å². The van der Waals surface area contributed by atoms with Crippen molar-refractivity contribution in [3.05, 3.63) is 46.1 Å². The summed E-state index contributed by atoms with van der Waals surface area (Å²) in [7, 11) is 1.80. The maximum Gasteiger partial charge on any atom is 0.257 e. The fraction of sp³-hybridized carbons (Fsp3) is 0.250. The molecule has 0 aliphatic rings. The number of hydrogen-bond donors (Lipinski definition) is 2. The zero-order valence-corrected chi connectivity index (χ0v) is 10.2. The quantitative estimate of drug-likeness (QED) is 0.845. The fourth-order valence-electron chi connectivity index (χ4n) is 1.65. The van der Waals surface area contributed by atoms with E-state index in [9.17, 15) is 9.59 Å². The average Bonchev–Trinajstić information content (AvgIpc) is 2.70. The van der Waals surface area contributed by atoms with Gasteiger partial charge in [0.2, 0.25) is 5.56 Å². The van der Waals surface area contributed by atoms with Crippen molar-refractivity contribution in [2.24, 2.45) is 7.05 Å². The van der Waals surface area contributed by atoms with Gasteiger partial charge in [0.15, 0.2) is 0 Å². The van der Waals surface area contributed by atoms with Crippen LogP contribution in [0.15, 0.2) is 29.3 Å². The molecule has 0 unspecified atom stereocenters. The summed E-state index contributed by atoms with van der Waals surface area (Å²) in [6, 6.07) is 2.80. The minimum absolute atomic E-state index is 0.234. The molecule has 2 N–H and O–H groups in total. The predicted octanol–water partition coefficient (Wildman–Crippen LogP) is 0.923. The highest BCUT2D eigenvalue weighted by molar-refractivity contribution is 6.04. The number of aryl methyl sites for hydroxylation is 2. The van der Waals surface area contributed by atoms with Gasteiger partial charge in [-0.3, -0.25) is 14.3 Å². The Morgan fingerprint density at radius 3 is 2.89 bits per heavy atom. The highest BCUT2D eigenvalue weighted by Crippen LogP contribution is 2.14. The molecule has 0 aliphatic carbocycles. The van der Waals surface area contributed by atoms with Gasteiger partial charge in [-0.1, -0.05) is 6.92 Å². The van der Waals surface area contributed by atoms with Crippen molar-refractivity contribution in [2.75, 3.05) is 5.32 Å². The van der Waals surface area contributed by atoms with Gasteiger partial charge in [0, 0.05) is 25.5 Å². The van der Waals surface area contributed by atoms with E-state index < -0.39 is 0 Å². The lowest BCUT2D eigenvalue weighted by Gasteiger charge is -2.03. The van der Waals surface area contributed by atoms with E-state index in [1.54, 1.807) is 17.9 Å². The third-order valence-corrected chi connectivity index (χ3v) is 2.53. The molecule has 0 bridgehead atoms. The molecule has 94 valence electrons. The van der Waals surface area contributed by atoms with Gasteiger partial charge < -0.3 is 10.3 Å². The summed E-state index contributed by atoms with van der Waals surface area (Å²) in [5.41, 5.74) is 1.69. The number of amides is 1. The van der Waals surface area contributed by atoms with E-state index in [1.807, 2.05) is 6.92 Å². The summed E-state index contributed by atoms with van der Waals surface area (Å²) in [5, 5.41) is 7.01. The fourth-order valence-corrected chi connectivity index (χ4v) is 1.65. The number of nitrogens with zero attached hydrogens (tertiary/aromatic N) is 2. The van der Waals surface area contributed by atoms with Crippen molar-refractivity contribution in [2.45, 2.75) is 13.3 Å². The molecule has 0 saturated heterocycles. The van der Waals surface area contributed by atoms with Crippen molar-refractivity contribution in [3.63, 3.8) is 0 Å². The SMILES string of the molecule is CCc1nn(C)cc1NC(=O)c1ccc(=O)[nH]c1. The third kappa shape index (κ3) is 2.48. The van der Waals surface area contributed by atoms with E-state index >= 15 is 0 Å². The Labute approximate surface area is 104 Å². The summed E-state index contributed by atoms with van der Waals surface area (Å²) in [6.07, 6.45) is 3.88. The van der Waals surface area contributed by atoms with Crippen LogP contribution in [0.3, 0.4) is 0 Å². The Morgan fingerprint density at radius 1 is 1.50 bits per heavy atom. The van der Waals surface area contributed by atoms with Gasteiger partial charge in [-0.25, -0.2) is 0 Å². The lowest BCUT2D eigenvalue weighted by molar-refractivity contribution is 0.102. The van der Waals surface area contributed by atoms with Gasteiger partial charge in [0.05, 0.1) is 16.9 Å². The molecule has 0 fully saturated rings. The first-order valence-corrected chi connectivity index (χ1v) is 5.62. The molecule has 0 aromatic carbocycles. The Hall–Kier alpha value is -2.37. The number of carbonyl (C=O) groups excluding carboxylic acids is 1. The number of carbonyl (C=O) groups is 1. The van der Waals surface area contributed by atoms with Gasteiger partial charge in [-0.15, -0.1) is 0 Å². The molecule has 2 aromatic heterocycles. The molecule has 0 atom stereocenters. The summed E-state index contributed by atoms with van der Waals surface area (Å²) >= 11 is 0. The normalized spacial score (nSPS) is 10.3. The Bertz CT molecular complexity index is 607. The first kappa shape index (κ1) is 12.1. The first-order chi connectivity index (χ1) is 8.60. The molecule has 1 amide bonds. The largest absolute Gasteiger partial charge is 0.328 e. The number of aromatic nitrogens is 3. The van der Waals surface area contributed by atoms with E-state index in [4.69, 9.17) is 0 Å². The van der Waals surface area contributed by atoms with Gasteiger partial charge >= 0.3 is 0 Å². The molecule has 2 aromatic rings. The minimum atomic E-state index is -0.269. The van der Waals surface area contributed by atoms with Crippen LogP contribution >= 0.6 is 0 Å². The summed E-state index contributed by atoms with van der Waals surface area (Å²) in [6.45, 7) is 1.97. The molecule has 18 heavy (non-hydrogen) atoms. The number of anilines is 1. The molecular formula is C12H14N4O2. The molecular weight excluding hydrogens is 232 g/mol. The standard InChI is InChI=1S/C12H14N4O2/c1-3-9-10(7-16(2)15-9)14-12(18)8-4-5-11(17)13-6-8/h4-7H,3H2,1-2H3,(H,13,17)(H,14,18). The van der Waals surface area contributed by atoms with Crippen LogP contribution in [0.4, 0.5) is 5.69 Å². The highest BCUT2D eigenvalue weighted by atomic mass is 16.1. The van der Waals surface area contributed by atoms with Crippen LogP contribution in [0.25, 0.3) is 0 Å². The van der Waals surface area contributed by atoms with Crippen LogP contribution in [0, 0.1) is 0 Å². The van der Waals surface area contributed by atoms with Crippen LogP contribution in [0.2, 0.25) is 0 Å². The second-order valence-electron chi connectivity index (χ2n) is 3.91. The van der Waals surface area contributed by atoms with Crippen LogP contribution in [0.5, 0.6) is 0 Å². The van der Waals surface area contributed by atoms with Crippen LogP contribution in [0.1, 0.15) is 23.0 Å². The molecule has 0 radical (unpaired) electrons. The molecule has 2 heterocycles. The molecule has 6 nitrogen and oxygen atoms in total. The van der Waals surface area contributed by atoms with Crippen molar-refractivity contribution in [1.82, 2.24) is 14.8 Å². The summed E-state index contributed by atoms with van der Waals surface area (Å²) < 4.78 is 1.65. The predicted molar refractivity (Wildman–Crippen MR) is 67.6 cm³/mol. The zero-order chi connectivity index (χ0) is 13.1. The van der Waals surface area contributed by atoms with Crippen molar-refractivity contribution in [1.29, 1.82) is 0 Å². The van der Waals surface area contributed by atoms with Crippen molar-refractivity contribution in [3.8, 4) is 0 Å². The molecule has 0 saturated carbocycles. The lowest BCUT2D eigenvalue weighted by Crippen LogP contribution is -2.15. The van der Waals surface area contributed by atoms with Gasteiger partial charge in [0.1, 0.15) is 0 Å². The van der Waals surface area contributed by atoms with Crippen LogP contribution < -0.4 is 10.9 Å². The number of hydrogen-bond acceptors (Lipinski definition) is 3. The maximum absolute atomic E-state index is 11.9. The minimum Gasteiger partial charge on any atom is -0.328 e. The van der Waals surface area contributed by atoms with Crippen LogP contribution in [-0.2, 0) is 13.5 Å². The number of pyridine rings is 1. The molecule has 0 spiro atoms. The third-order valence-electron chi connectivity index (χ3n) is 2.53.